The van der Waals surface area contributed by atoms with Gasteiger partial charge in [-0.2, -0.15) is 18.3 Å². The lowest BCUT2D eigenvalue weighted by Gasteiger charge is -2.32. The van der Waals surface area contributed by atoms with E-state index in [9.17, 15) is 23.1 Å². The number of likely N-dealkylation sites (N-methyl/N-ethyl adjacent to an activating group) is 1. The van der Waals surface area contributed by atoms with Crippen molar-refractivity contribution in [3.8, 4) is 22.8 Å². The van der Waals surface area contributed by atoms with Crippen molar-refractivity contribution >= 4 is 11.6 Å². The topological polar surface area (TPSA) is 92.4 Å². The van der Waals surface area contributed by atoms with Crippen molar-refractivity contribution in [2.75, 3.05) is 41.0 Å². The second-order valence-corrected chi connectivity index (χ2v) is 10.5. The molecule has 0 radical (unpaired) electrons. The molecular formula is C31H36F3N5O4. The van der Waals surface area contributed by atoms with Crippen LogP contribution < -0.4 is 9.47 Å². The molecule has 43 heavy (non-hydrogen) atoms. The monoisotopic (exact) mass is 599 g/mol. The molecule has 0 fully saturated rings. The molecule has 0 aliphatic carbocycles. The SMILES string of the molecule is COc1ccc(-c2nc3c(C(=O)N(CCN(C)[C@H](CO)c4cccc(OC)c4)C(C)C)cnn3c(C(F)(F)F)c2C)cc1. The lowest BCUT2D eigenvalue weighted by atomic mass is 10.0. The molecule has 9 nitrogen and oxygen atoms in total. The van der Waals surface area contributed by atoms with Gasteiger partial charge >= 0.3 is 6.18 Å². The van der Waals surface area contributed by atoms with Crippen molar-refractivity contribution in [2.24, 2.45) is 0 Å². The third kappa shape index (κ3) is 6.60. The molecule has 0 saturated carbocycles. The maximum atomic E-state index is 14.4. The van der Waals surface area contributed by atoms with Gasteiger partial charge in [-0.25, -0.2) is 9.50 Å². The molecule has 4 aromatic rings. The number of fused-ring (bicyclic) bond motifs is 1. The molecule has 1 N–H and O–H groups in total. The van der Waals surface area contributed by atoms with Crippen LogP contribution in [0, 0.1) is 6.92 Å². The minimum absolute atomic E-state index is 0.0388. The summed E-state index contributed by atoms with van der Waals surface area (Å²) in [7, 11) is 4.90. The largest absolute Gasteiger partial charge is 0.497 e. The van der Waals surface area contributed by atoms with Crippen LogP contribution in [0.3, 0.4) is 0 Å². The number of ether oxygens (including phenoxy) is 2. The van der Waals surface area contributed by atoms with Crippen molar-refractivity contribution in [1.82, 2.24) is 24.4 Å². The van der Waals surface area contributed by atoms with E-state index in [0.29, 0.717) is 28.1 Å². The smallest absolute Gasteiger partial charge is 0.433 e. The molecule has 0 unspecified atom stereocenters. The summed E-state index contributed by atoms with van der Waals surface area (Å²) in [5, 5.41) is 14.1. The molecular weight excluding hydrogens is 563 g/mol. The van der Waals surface area contributed by atoms with Gasteiger partial charge in [-0.3, -0.25) is 9.69 Å². The van der Waals surface area contributed by atoms with Gasteiger partial charge in [-0.05, 0) is 69.8 Å². The highest BCUT2D eigenvalue weighted by atomic mass is 19.4. The number of rotatable bonds is 11. The van der Waals surface area contributed by atoms with Gasteiger partial charge in [0.05, 0.1) is 38.8 Å². The molecule has 2 aromatic heterocycles. The Balaban J connectivity index is 1.69. The summed E-state index contributed by atoms with van der Waals surface area (Å²) in [6.45, 7) is 5.46. The second-order valence-electron chi connectivity index (χ2n) is 10.5. The van der Waals surface area contributed by atoms with Crippen molar-refractivity contribution in [3.63, 3.8) is 0 Å². The number of nitrogens with zero attached hydrogens (tertiary/aromatic N) is 5. The van der Waals surface area contributed by atoms with E-state index < -0.39 is 17.8 Å². The highest BCUT2D eigenvalue weighted by Gasteiger charge is 2.39. The van der Waals surface area contributed by atoms with E-state index in [4.69, 9.17) is 9.47 Å². The van der Waals surface area contributed by atoms with Gasteiger partial charge < -0.3 is 19.5 Å². The van der Waals surface area contributed by atoms with Crippen LogP contribution in [0.5, 0.6) is 11.5 Å². The second kappa shape index (κ2) is 13.0. The molecule has 12 heteroatoms. The van der Waals surface area contributed by atoms with E-state index in [2.05, 4.69) is 10.1 Å². The highest BCUT2D eigenvalue weighted by Crippen LogP contribution is 2.37. The van der Waals surface area contributed by atoms with Crippen LogP contribution in [-0.2, 0) is 6.18 Å². The molecule has 2 heterocycles. The molecule has 1 amide bonds. The minimum atomic E-state index is -4.75. The number of methoxy groups -OCH3 is 2. The standard InChI is InChI=1S/C31H36F3N5O4/c1-19(2)38(15-14-37(4)26(18-40)22-8-7-9-24(16-22)43-6)30(41)25-17-35-39-28(31(32,33)34)20(3)27(36-29(25)39)21-10-12-23(42-5)13-11-21/h7-13,16-17,19,26,40H,14-15,18H2,1-6H3/t26-/m1/s1. The molecule has 4 rings (SSSR count). The summed E-state index contributed by atoms with van der Waals surface area (Å²) in [5.41, 5.74) is 0.0578. The van der Waals surface area contributed by atoms with Gasteiger partial charge in [0.1, 0.15) is 17.1 Å². The molecule has 0 aliphatic heterocycles. The Bertz CT molecular complexity index is 1570. The van der Waals surface area contributed by atoms with Gasteiger partial charge in [0.2, 0.25) is 0 Å². The predicted molar refractivity (Wildman–Crippen MR) is 156 cm³/mol. The average molecular weight is 600 g/mol. The highest BCUT2D eigenvalue weighted by molar-refractivity contribution is 6.00. The summed E-state index contributed by atoms with van der Waals surface area (Å²) in [5.74, 6) is 0.711. The molecule has 0 spiro atoms. The van der Waals surface area contributed by atoms with Crippen molar-refractivity contribution in [1.29, 1.82) is 0 Å². The number of aromatic nitrogens is 3. The first-order valence-electron chi connectivity index (χ1n) is 13.8. The zero-order valence-electron chi connectivity index (χ0n) is 25.0. The molecule has 1 atom stereocenters. The fourth-order valence-electron chi connectivity index (χ4n) is 5.11. The number of carbonyl (C=O) groups is 1. The lowest BCUT2D eigenvalue weighted by molar-refractivity contribution is -0.143. The van der Waals surface area contributed by atoms with E-state index in [1.54, 1.807) is 36.3 Å². The predicted octanol–water partition coefficient (Wildman–Crippen LogP) is 5.26. The number of hydrogen-bond acceptors (Lipinski definition) is 7. The molecule has 2 aromatic carbocycles. The third-order valence-corrected chi connectivity index (χ3v) is 7.51. The number of carbonyl (C=O) groups excluding carboxylic acids is 1. The Labute approximate surface area is 248 Å². The number of benzene rings is 2. The maximum Gasteiger partial charge on any atom is 0.433 e. The van der Waals surface area contributed by atoms with Crippen LogP contribution in [0.15, 0.2) is 54.7 Å². The van der Waals surface area contributed by atoms with Crippen LogP contribution in [0.1, 0.15) is 47.1 Å². The summed E-state index contributed by atoms with van der Waals surface area (Å²) in [6.07, 6.45) is -3.61. The Morgan fingerprint density at radius 2 is 1.72 bits per heavy atom. The van der Waals surface area contributed by atoms with Crippen LogP contribution in [0.4, 0.5) is 13.2 Å². The first-order valence-corrected chi connectivity index (χ1v) is 13.8. The van der Waals surface area contributed by atoms with Crippen LogP contribution in [0.2, 0.25) is 0 Å². The van der Waals surface area contributed by atoms with Crippen LogP contribution in [0.25, 0.3) is 16.9 Å². The number of aliphatic hydroxyl groups is 1. The quantitative estimate of drug-likeness (QED) is 0.252. The van der Waals surface area contributed by atoms with E-state index >= 15 is 0 Å². The minimum Gasteiger partial charge on any atom is -0.497 e. The van der Waals surface area contributed by atoms with E-state index in [0.717, 1.165) is 11.8 Å². The zero-order valence-corrected chi connectivity index (χ0v) is 25.0. The summed E-state index contributed by atoms with van der Waals surface area (Å²) >= 11 is 0. The Morgan fingerprint density at radius 1 is 1.05 bits per heavy atom. The van der Waals surface area contributed by atoms with Gasteiger partial charge in [-0.1, -0.05) is 12.1 Å². The van der Waals surface area contributed by atoms with Crippen molar-refractivity contribution in [3.05, 3.63) is 77.1 Å². The van der Waals surface area contributed by atoms with Crippen molar-refractivity contribution < 1.29 is 32.5 Å². The molecule has 0 aliphatic rings. The Kier molecular flexibility index (Phi) is 9.61. The van der Waals surface area contributed by atoms with Gasteiger partial charge in [0.25, 0.3) is 5.91 Å². The van der Waals surface area contributed by atoms with Gasteiger partial charge in [0.15, 0.2) is 11.3 Å². The molecule has 0 saturated heterocycles. The number of alkyl halides is 3. The first kappa shape index (κ1) is 31.8. The van der Waals surface area contributed by atoms with Gasteiger partial charge in [0, 0.05) is 30.3 Å². The third-order valence-electron chi connectivity index (χ3n) is 7.51. The number of hydrogen-bond donors (Lipinski definition) is 1. The van der Waals surface area contributed by atoms with Crippen LogP contribution in [-0.4, -0.2) is 82.4 Å². The van der Waals surface area contributed by atoms with Crippen LogP contribution >= 0.6 is 0 Å². The van der Waals surface area contributed by atoms with E-state index in [1.165, 1.54) is 14.0 Å². The summed E-state index contributed by atoms with van der Waals surface area (Å²) < 4.78 is 54.3. The van der Waals surface area contributed by atoms with Crippen molar-refractivity contribution in [2.45, 2.75) is 39.0 Å². The molecule has 0 bridgehead atoms. The normalized spacial score (nSPS) is 12.7. The Hall–Kier alpha value is -4.16. The maximum absolute atomic E-state index is 14.4. The summed E-state index contributed by atoms with van der Waals surface area (Å²) in [6, 6.07) is 13.3. The number of halogens is 3. The van der Waals surface area contributed by atoms with E-state index in [-0.39, 0.29) is 47.7 Å². The summed E-state index contributed by atoms with van der Waals surface area (Å²) in [4.78, 5) is 21.9. The lowest BCUT2D eigenvalue weighted by Crippen LogP contribution is -2.43. The molecule has 230 valence electrons. The fraction of sp³-hybridized carbons (Fsp3) is 0.387. The average Bonchev–Trinajstić information content (AvgIpc) is 3.39. The number of aliphatic hydroxyl groups excluding tert-OH is 1. The number of amides is 1. The van der Waals surface area contributed by atoms with Gasteiger partial charge in [-0.15, -0.1) is 0 Å². The Morgan fingerprint density at radius 3 is 2.30 bits per heavy atom. The fourth-order valence-corrected chi connectivity index (χ4v) is 5.11. The zero-order chi connectivity index (χ0) is 31.5. The first-order chi connectivity index (χ1) is 20.4. The van der Waals surface area contributed by atoms with E-state index in [1.807, 2.05) is 50.1 Å².